The van der Waals surface area contributed by atoms with Crippen LogP contribution in [-0.4, -0.2) is 15.0 Å². The van der Waals surface area contributed by atoms with Gasteiger partial charge in [0.05, 0.1) is 10.6 Å². The first-order valence-corrected chi connectivity index (χ1v) is 6.88. The van der Waals surface area contributed by atoms with E-state index in [0.29, 0.717) is 5.69 Å². The first-order valence-electron chi connectivity index (χ1n) is 6.50. The van der Waals surface area contributed by atoms with Gasteiger partial charge in [-0.1, -0.05) is 11.6 Å². The topological polar surface area (TPSA) is 73.1 Å². The third kappa shape index (κ3) is 3.75. The minimum atomic E-state index is -0.589. The third-order valence-electron chi connectivity index (χ3n) is 3.07. The Kier molecular flexibility index (Phi) is 4.80. The summed E-state index contributed by atoms with van der Waals surface area (Å²) in [6, 6.07) is 3.76. The van der Waals surface area contributed by atoms with Gasteiger partial charge in [0, 0.05) is 32.1 Å². The Balaban J connectivity index is 2.20. The molecule has 120 valence electrons. The van der Waals surface area contributed by atoms with E-state index in [1.54, 1.807) is 0 Å². The number of nitrogens with zero attached hydrogens (tertiary/aromatic N) is 2. The number of hydrogen-bond donors (Lipinski definition) is 1. The number of aromatic nitrogens is 2. The van der Waals surface area contributed by atoms with E-state index in [-0.39, 0.29) is 10.6 Å². The van der Waals surface area contributed by atoms with Gasteiger partial charge in [-0.15, -0.1) is 0 Å². The van der Waals surface area contributed by atoms with Crippen LogP contribution < -0.4 is 16.6 Å². The van der Waals surface area contributed by atoms with Crippen LogP contribution in [0.15, 0.2) is 40.1 Å². The number of halogens is 2. The highest BCUT2D eigenvalue weighted by Crippen LogP contribution is 2.19. The summed E-state index contributed by atoms with van der Waals surface area (Å²) in [4.78, 5) is 35.3. The van der Waals surface area contributed by atoms with Gasteiger partial charge in [0.15, 0.2) is 0 Å². The van der Waals surface area contributed by atoms with Gasteiger partial charge in [-0.3, -0.25) is 14.2 Å². The van der Waals surface area contributed by atoms with Gasteiger partial charge >= 0.3 is 5.69 Å². The van der Waals surface area contributed by atoms with Crippen molar-refractivity contribution in [1.82, 2.24) is 9.13 Å². The maximum Gasteiger partial charge on any atom is 0.330 e. The minimum absolute atomic E-state index is 0.112. The van der Waals surface area contributed by atoms with Crippen LogP contribution in [0.3, 0.4) is 0 Å². The zero-order chi connectivity index (χ0) is 17.1. The molecular weight excluding hydrogens is 325 g/mol. The molecule has 0 spiro atoms. The predicted molar refractivity (Wildman–Crippen MR) is 86.0 cm³/mol. The fraction of sp³-hybridized carbons (Fsp3) is 0.133. The van der Waals surface area contributed by atoms with Crippen molar-refractivity contribution in [3.05, 3.63) is 67.7 Å². The fourth-order valence-corrected chi connectivity index (χ4v) is 2.05. The smallest absolute Gasteiger partial charge is 0.322 e. The van der Waals surface area contributed by atoms with E-state index in [4.69, 9.17) is 11.6 Å². The maximum absolute atomic E-state index is 13.0. The summed E-state index contributed by atoms with van der Waals surface area (Å²) < 4.78 is 15.2. The first kappa shape index (κ1) is 16.7. The van der Waals surface area contributed by atoms with Gasteiger partial charge in [0.25, 0.3) is 5.56 Å². The third-order valence-corrected chi connectivity index (χ3v) is 3.36. The molecule has 0 bridgehead atoms. The number of benzene rings is 1. The number of carbonyl (C=O) groups excluding carboxylic acids is 1. The number of hydrogen-bond acceptors (Lipinski definition) is 3. The van der Waals surface area contributed by atoms with Gasteiger partial charge < -0.3 is 9.88 Å². The lowest BCUT2D eigenvalue weighted by Crippen LogP contribution is -2.37. The van der Waals surface area contributed by atoms with Crippen LogP contribution in [0.5, 0.6) is 0 Å². The van der Waals surface area contributed by atoms with Crippen molar-refractivity contribution in [3.8, 4) is 0 Å². The van der Waals surface area contributed by atoms with E-state index in [9.17, 15) is 18.8 Å². The number of carbonyl (C=O) groups is 1. The largest absolute Gasteiger partial charge is 0.330 e. The van der Waals surface area contributed by atoms with Crippen molar-refractivity contribution in [2.45, 2.75) is 0 Å². The Labute approximate surface area is 135 Å². The average molecular weight is 338 g/mol. The molecule has 1 aromatic carbocycles. The summed E-state index contributed by atoms with van der Waals surface area (Å²) in [5, 5.41) is 2.37. The average Bonchev–Trinajstić information content (AvgIpc) is 2.51. The number of aryl methyl sites for hydroxylation is 1. The Morgan fingerprint density at radius 3 is 2.65 bits per heavy atom. The summed E-state index contributed by atoms with van der Waals surface area (Å²) in [7, 11) is 2.85. The summed E-state index contributed by atoms with van der Waals surface area (Å²) >= 11 is 5.62. The van der Waals surface area contributed by atoms with E-state index in [0.717, 1.165) is 16.7 Å². The molecule has 2 rings (SSSR count). The van der Waals surface area contributed by atoms with Crippen molar-refractivity contribution >= 4 is 29.3 Å². The molecule has 0 aliphatic carbocycles. The second-order valence-corrected chi connectivity index (χ2v) is 5.20. The van der Waals surface area contributed by atoms with E-state index in [2.05, 4.69) is 5.32 Å². The second-order valence-electron chi connectivity index (χ2n) is 4.79. The van der Waals surface area contributed by atoms with Gasteiger partial charge in [0.2, 0.25) is 5.91 Å². The highest BCUT2D eigenvalue weighted by molar-refractivity contribution is 6.31. The van der Waals surface area contributed by atoms with E-state index in [1.807, 2.05) is 0 Å². The zero-order valence-electron chi connectivity index (χ0n) is 12.3. The zero-order valence-corrected chi connectivity index (χ0v) is 13.1. The van der Waals surface area contributed by atoms with Gasteiger partial charge in [-0.25, -0.2) is 9.18 Å². The van der Waals surface area contributed by atoms with Crippen LogP contribution in [0.4, 0.5) is 10.1 Å². The Bertz CT molecular complexity index is 915. The molecule has 1 heterocycles. The highest BCUT2D eigenvalue weighted by atomic mass is 35.5. The van der Waals surface area contributed by atoms with Crippen LogP contribution >= 0.6 is 11.6 Å². The van der Waals surface area contributed by atoms with Crippen molar-refractivity contribution in [2.75, 3.05) is 5.32 Å². The van der Waals surface area contributed by atoms with Crippen molar-refractivity contribution < 1.29 is 9.18 Å². The molecule has 0 aliphatic rings. The highest BCUT2D eigenvalue weighted by Gasteiger charge is 2.06. The van der Waals surface area contributed by atoms with E-state index in [1.165, 1.54) is 43.1 Å². The van der Waals surface area contributed by atoms with Crippen LogP contribution in [-0.2, 0) is 18.9 Å². The Morgan fingerprint density at radius 2 is 2.00 bits per heavy atom. The molecular formula is C15H13ClFN3O3. The molecule has 0 unspecified atom stereocenters. The van der Waals surface area contributed by atoms with Crippen molar-refractivity contribution in [3.63, 3.8) is 0 Å². The number of rotatable bonds is 3. The molecule has 0 saturated heterocycles. The molecule has 2 aromatic rings. The number of anilines is 1. The summed E-state index contributed by atoms with van der Waals surface area (Å²) in [5.74, 6) is -1.11. The number of nitrogens with one attached hydrogen (secondary N) is 1. The van der Waals surface area contributed by atoms with Crippen LogP contribution in [0, 0.1) is 5.82 Å². The molecule has 0 atom stereocenters. The van der Waals surface area contributed by atoms with Gasteiger partial charge in [-0.05, 0) is 24.3 Å². The molecule has 1 amide bonds. The van der Waals surface area contributed by atoms with E-state index < -0.39 is 23.0 Å². The fourth-order valence-electron chi connectivity index (χ4n) is 1.87. The molecule has 0 fully saturated rings. The lowest BCUT2D eigenvalue weighted by molar-refractivity contribution is -0.111. The SMILES string of the molecule is Cn1cc(/C=C/C(=O)Nc2ccc(F)c(Cl)c2)c(=O)n(C)c1=O. The molecule has 23 heavy (non-hydrogen) atoms. The van der Waals surface area contributed by atoms with Crippen LogP contribution in [0.2, 0.25) is 5.02 Å². The molecule has 8 heteroatoms. The molecule has 0 saturated carbocycles. The summed E-state index contributed by atoms with van der Waals surface area (Å²) in [6.45, 7) is 0. The summed E-state index contributed by atoms with van der Waals surface area (Å²) in [6.07, 6.45) is 3.77. The summed E-state index contributed by atoms with van der Waals surface area (Å²) in [5.41, 5.74) is -0.471. The second kappa shape index (κ2) is 6.62. The quantitative estimate of drug-likeness (QED) is 0.863. The van der Waals surface area contributed by atoms with Crippen molar-refractivity contribution in [2.24, 2.45) is 14.1 Å². The van der Waals surface area contributed by atoms with Crippen LogP contribution in [0.25, 0.3) is 6.08 Å². The standard InChI is InChI=1S/C15H13ClFN3O3/c1-19-8-9(14(22)20(2)15(19)23)3-6-13(21)18-10-4-5-12(17)11(16)7-10/h3-8H,1-2H3,(H,18,21)/b6-3+. The Morgan fingerprint density at radius 1 is 1.30 bits per heavy atom. The minimum Gasteiger partial charge on any atom is -0.322 e. The normalized spacial score (nSPS) is 11.0. The van der Waals surface area contributed by atoms with Crippen molar-refractivity contribution in [1.29, 1.82) is 0 Å². The molecule has 6 nitrogen and oxygen atoms in total. The molecule has 1 aromatic heterocycles. The predicted octanol–water partition coefficient (Wildman–Crippen LogP) is 1.53. The lowest BCUT2D eigenvalue weighted by Gasteiger charge is -2.04. The Hall–Kier alpha value is -2.67. The lowest BCUT2D eigenvalue weighted by atomic mass is 10.2. The maximum atomic E-state index is 13.0. The number of amides is 1. The monoisotopic (exact) mass is 337 g/mol. The van der Waals surface area contributed by atoms with Gasteiger partial charge in [0.1, 0.15) is 5.82 Å². The van der Waals surface area contributed by atoms with Crippen LogP contribution in [0.1, 0.15) is 5.56 Å². The molecule has 0 aliphatic heterocycles. The van der Waals surface area contributed by atoms with Gasteiger partial charge in [-0.2, -0.15) is 0 Å². The first-order chi connectivity index (χ1) is 10.8. The molecule has 1 N–H and O–H groups in total. The molecule has 0 radical (unpaired) electrons. The van der Waals surface area contributed by atoms with E-state index >= 15 is 0 Å².